The van der Waals surface area contributed by atoms with Gasteiger partial charge in [0, 0.05) is 6.42 Å². The number of aryl methyl sites for hydroxylation is 1. The summed E-state index contributed by atoms with van der Waals surface area (Å²) in [5.74, 6) is -0.245. The van der Waals surface area contributed by atoms with Crippen molar-refractivity contribution in [1.29, 1.82) is 0 Å². The quantitative estimate of drug-likeness (QED) is 0.821. The number of unbranched alkanes of at least 4 members (excludes halogenated alkanes) is 1. The highest BCUT2D eigenvalue weighted by molar-refractivity contribution is 7.15. The first kappa shape index (κ1) is 13.1. The third-order valence-electron chi connectivity index (χ3n) is 2.02. The lowest BCUT2D eigenvalue weighted by Crippen LogP contribution is -2.45. The highest BCUT2D eigenvalue weighted by Crippen LogP contribution is 2.17. The van der Waals surface area contributed by atoms with Gasteiger partial charge in [0.15, 0.2) is 0 Å². The summed E-state index contributed by atoms with van der Waals surface area (Å²) in [6.07, 6.45) is 3.12. The van der Waals surface area contributed by atoms with Gasteiger partial charge in [0.2, 0.25) is 11.0 Å². The number of carbonyl (C=O) groups is 1. The first-order chi connectivity index (χ1) is 7.43. The van der Waals surface area contributed by atoms with E-state index < -0.39 is 5.54 Å². The van der Waals surface area contributed by atoms with Crippen LogP contribution in [0.4, 0.5) is 5.13 Å². The molecule has 0 bridgehead atoms. The Kier molecular flexibility index (Phi) is 4.37. The smallest absolute Gasteiger partial charge is 0.245 e. The standard InChI is InChI=1S/C10H18N4OS/c1-4-5-6-7-13-14-9(16-7)12-8(15)10(2,3)11/h4-6,11H2,1-3H3,(H,12,14,15). The minimum absolute atomic E-state index is 0.245. The van der Waals surface area contributed by atoms with Crippen molar-refractivity contribution in [3.63, 3.8) is 0 Å². The molecule has 6 heteroatoms. The van der Waals surface area contributed by atoms with E-state index in [1.165, 1.54) is 11.3 Å². The Morgan fingerprint density at radius 2 is 2.19 bits per heavy atom. The molecule has 0 aliphatic heterocycles. The van der Waals surface area contributed by atoms with Crippen LogP contribution in [-0.2, 0) is 11.2 Å². The van der Waals surface area contributed by atoms with E-state index in [1.54, 1.807) is 13.8 Å². The molecule has 3 N–H and O–H groups in total. The number of nitrogens with one attached hydrogen (secondary N) is 1. The SMILES string of the molecule is CCCCc1nnc(NC(=O)C(C)(C)N)s1. The highest BCUT2D eigenvalue weighted by atomic mass is 32.1. The van der Waals surface area contributed by atoms with Gasteiger partial charge in [-0.3, -0.25) is 10.1 Å². The van der Waals surface area contributed by atoms with Crippen molar-refractivity contribution in [1.82, 2.24) is 10.2 Å². The molecule has 0 fully saturated rings. The Morgan fingerprint density at radius 1 is 1.50 bits per heavy atom. The topological polar surface area (TPSA) is 80.9 Å². The first-order valence-electron chi connectivity index (χ1n) is 5.36. The third kappa shape index (κ3) is 3.86. The lowest BCUT2D eigenvalue weighted by molar-refractivity contribution is -0.120. The fraction of sp³-hybridized carbons (Fsp3) is 0.700. The van der Waals surface area contributed by atoms with E-state index in [0.29, 0.717) is 5.13 Å². The van der Waals surface area contributed by atoms with E-state index in [0.717, 1.165) is 24.3 Å². The Hall–Kier alpha value is -1.01. The molecule has 0 aliphatic carbocycles. The molecule has 5 nitrogen and oxygen atoms in total. The fourth-order valence-corrected chi connectivity index (χ4v) is 1.77. The van der Waals surface area contributed by atoms with Crippen LogP contribution in [0.25, 0.3) is 0 Å². The highest BCUT2D eigenvalue weighted by Gasteiger charge is 2.22. The van der Waals surface area contributed by atoms with Crippen LogP contribution in [0.3, 0.4) is 0 Å². The summed E-state index contributed by atoms with van der Waals surface area (Å²) in [5, 5.41) is 12.0. The summed E-state index contributed by atoms with van der Waals surface area (Å²) in [5.41, 5.74) is 4.76. The second-order valence-corrected chi connectivity index (χ2v) is 5.34. The van der Waals surface area contributed by atoms with Gasteiger partial charge in [0.1, 0.15) is 5.01 Å². The van der Waals surface area contributed by atoms with Crippen molar-refractivity contribution in [2.45, 2.75) is 45.6 Å². The maximum atomic E-state index is 11.6. The number of hydrogen-bond acceptors (Lipinski definition) is 5. The van der Waals surface area contributed by atoms with Crippen molar-refractivity contribution < 1.29 is 4.79 Å². The van der Waals surface area contributed by atoms with Gasteiger partial charge in [-0.15, -0.1) is 10.2 Å². The average Bonchev–Trinajstić information content (AvgIpc) is 2.61. The zero-order valence-corrected chi connectivity index (χ0v) is 10.7. The lowest BCUT2D eigenvalue weighted by atomic mass is 10.1. The molecule has 0 atom stereocenters. The van der Waals surface area contributed by atoms with Crippen LogP contribution in [-0.4, -0.2) is 21.6 Å². The number of carbonyl (C=O) groups excluding carboxylic acids is 1. The van der Waals surface area contributed by atoms with Crippen LogP contribution >= 0.6 is 11.3 Å². The predicted molar refractivity (Wildman–Crippen MR) is 65.4 cm³/mol. The second kappa shape index (κ2) is 5.36. The van der Waals surface area contributed by atoms with Crippen LogP contribution in [0.15, 0.2) is 0 Å². The molecule has 0 spiro atoms. The van der Waals surface area contributed by atoms with Gasteiger partial charge in [0.05, 0.1) is 5.54 Å². The van der Waals surface area contributed by atoms with Crippen molar-refractivity contribution in [3.8, 4) is 0 Å². The van der Waals surface area contributed by atoms with Crippen LogP contribution in [0.2, 0.25) is 0 Å². The number of amides is 1. The molecular formula is C10H18N4OS. The van der Waals surface area contributed by atoms with E-state index >= 15 is 0 Å². The van der Waals surface area contributed by atoms with Gasteiger partial charge in [0.25, 0.3) is 0 Å². The molecule has 90 valence electrons. The number of hydrogen-bond donors (Lipinski definition) is 2. The minimum Gasteiger partial charge on any atom is -0.318 e. The molecule has 0 aliphatic rings. The number of rotatable bonds is 5. The molecule has 1 amide bonds. The number of nitrogens with two attached hydrogens (primary N) is 1. The number of anilines is 1. The van der Waals surface area contributed by atoms with Gasteiger partial charge >= 0.3 is 0 Å². The van der Waals surface area contributed by atoms with Crippen LogP contribution in [0.5, 0.6) is 0 Å². The van der Waals surface area contributed by atoms with Crippen molar-refractivity contribution >= 4 is 22.4 Å². The Balaban J connectivity index is 2.55. The van der Waals surface area contributed by atoms with Crippen LogP contribution in [0.1, 0.15) is 38.6 Å². The summed E-state index contributed by atoms with van der Waals surface area (Å²) in [6.45, 7) is 5.43. The monoisotopic (exact) mass is 242 g/mol. The van der Waals surface area contributed by atoms with E-state index in [2.05, 4.69) is 22.4 Å². The zero-order chi connectivity index (χ0) is 12.2. The van der Waals surface area contributed by atoms with Gasteiger partial charge in [-0.05, 0) is 20.3 Å². The second-order valence-electron chi connectivity index (χ2n) is 4.28. The maximum absolute atomic E-state index is 11.6. The molecule has 16 heavy (non-hydrogen) atoms. The number of aromatic nitrogens is 2. The summed E-state index contributed by atoms with van der Waals surface area (Å²) >= 11 is 1.41. The Bertz CT molecular complexity index is 356. The molecule has 0 saturated carbocycles. The first-order valence-corrected chi connectivity index (χ1v) is 6.18. The molecule has 0 unspecified atom stereocenters. The minimum atomic E-state index is -0.894. The molecule has 1 aromatic rings. The van der Waals surface area contributed by atoms with Gasteiger partial charge in [-0.1, -0.05) is 24.7 Å². The van der Waals surface area contributed by atoms with E-state index in [1.807, 2.05) is 0 Å². The van der Waals surface area contributed by atoms with E-state index in [-0.39, 0.29) is 5.91 Å². The Morgan fingerprint density at radius 3 is 2.75 bits per heavy atom. The van der Waals surface area contributed by atoms with Crippen molar-refractivity contribution in [2.24, 2.45) is 5.73 Å². The predicted octanol–water partition coefficient (Wildman–Crippen LogP) is 1.56. The van der Waals surface area contributed by atoms with Crippen molar-refractivity contribution in [2.75, 3.05) is 5.32 Å². The number of nitrogens with zero attached hydrogens (tertiary/aromatic N) is 2. The summed E-state index contributed by atoms with van der Waals surface area (Å²) in [6, 6.07) is 0. The summed E-state index contributed by atoms with van der Waals surface area (Å²) in [7, 11) is 0. The average molecular weight is 242 g/mol. The molecule has 1 rings (SSSR count). The van der Waals surface area contributed by atoms with Crippen LogP contribution < -0.4 is 11.1 Å². The largest absolute Gasteiger partial charge is 0.318 e. The lowest BCUT2D eigenvalue weighted by Gasteiger charge is -2.15. The summed E-state index contributed by atoms with van der Waals surface area (Å²) < 4.78 is 0. The van der Waals surface area contributed by atoms with Gasteiger partial charge in [-0.2, -0.15) is 0 Å². The van der Waals surface area contributed by atoms with Crippen LogP contribution in [0, 0.1) is 0 Å². The maximum Gasteiger partial charge on any atom is 0.245 e. The normalized spacial score (nSPS) is 11.5. The molecule has 0 saturated heterocycles. The van der Waals surface area contributed by atoms with E-state index in [9.17, 15) is 4.79 Å². The molecule has 1 heterocycles. The van der Waals surface area contributed by atoms with Crippen molar-refractivity contribution in [3.05, 3.63) is 5.01 Å². The Labute approximate surface area is 99.5 Å². The zero-order valence-electron chi connectivity index (χ0n) is 9.91. The molecule has 0 radical (unpaired) electrons. The fourth-order valence-electron chi connectivity index (χ4n) is 0.991. The molecule has 0 aromatic carbocycles. The van der Waals surface area contributed by atoms with E-state index in [4.69, 9.17) is 5.73 Å². The third-order valence-corrected chi connectivity index (χ3v) is 2.92. The molecular weight excluding hydrogens is 224 g/mol. The molecule has 1 aromatic heterocycles. The van der Waals surface area contributed by atoms with Gasteiger partial charge < -0.3 is 5.73 Å². The van der Waals surface area contributed by atoms with Gasteiger partial charge in [-0.25, -0.2) is 0 Å². The summed E-state index contributed by atoms with van der Waals surface area (Å²) in [4.78, 5) is 11.6.